The van der Waals surface area contributed by atoms with Crippen LogP contribution in [0.15, 0.2) is 108 Å². The smallest absolute Gasteiger partial charge is 0.271 e. The molecule has 0 atom stereocenters. The van der Waals surface area contributed by atoms with Crippen LogP contribution in [-0.4, -0.2) is 11.6 Å². The van der Waals surface area contributed by atoms with Crippen LogP contribution in [0.25, 0.3) is 11.1 Å². The average Bonchev–Trinajstić information content (AvgIpc) is 2.91. The third kappa shape index (κ3) is 4.91. The minimum absolute atomic E-state index is 0.211. The molecule has 4 aromatic rings. The summed E-state index contributed by atoms with van der Waals surface area (Å²) in [6.45, 7) is 0.421. The number of para-hydroxylation sites is 1. The lowest BCUT2D eigenvalue weighted by Gasteiger charge is -2.17. The van der Waals surface area contributed by atoms with E-state index in [-0.39, 0.29) is 5.91 Å². The van der Waals surface area contributed by atoms with Crippen LogP contribution in [0.5, 0.6) is 5.75 Å². The number of aryl methyl sites for hydroxylation is 1. The van der Waals surface area contributed by atoms with Gasteiger partial charge in [0.05, 0.1) is 5.71 Å². The van der Waals surface area contributed by atoms with Crippen molar-refractivity contribution in [2.24, 2.45) is 5.10 Å². The van der Waals surface area contributed by atoms with Gasteiger partial charge in [0.15, 0.2) is 0 Å². The van der Waals surface area contributed by atoms with Crippen LogP contribution >= 0.6 is 0 Å². The number of fused-ring (bicyclic) bond motifs is 1. The first-order chi connectivity index (χ1) is 16.8. The maximum absolute atomic E-state index is 12.6. The van der Waals surface area contributed by atoms with Crippen LogP contribution in [-0.2, 0) is 13.0 Å². The van der Waals surface area contributed by atoms with Crippen molar-refractivity contribution < 1.29 is 9.53 Å². The van der Waals surface area contributed by atoms with Crippen molar-refractivity contribution in [2.45, 2.75) is 25.9 Å². The molecule has 1 N–H and O–H groups in total. The third-order valence-corrected chi connectivity index (χ3v) is 6.06. The summed E-state index contributed by atoms with van der Waals surface area (Å²) in [6, 6.07) is 33.9. The summed E-state index contributed by atoms with van der Waals surface area (Å²) in [5, 5.41) is 4.43. The van der Waals surface area contributed by atoms with E-state index in [2.05, 4.69) is 40.9 Å². The molecule has 0 heterocycles. The first-order valence-electron chi connectivity index (χ1n) is 11.6. The highest BCUT2D eigenvalue weighted by molar-refractivity contribution is 6.04. The Morgan fingerprint density at radius 2 is 1.47 bits per heavy atom. The lowest BCUT2D eigenvalue weighted by atomic mass is 9.90. The summed E-state index contributed by atoms with van der Waals surface area (Å²) in [4.78, 5) is 12.6. The Morgan fingerprint density at radius 3 is 2.29 bits per heavy atom. The summed E-state index contributed by atoms with van der Waals surface area (Å²) in [5.41, 5.74) is 9.84. The van der Waals surface area contributed by atoms with Gasteiger partial charge in [-0.05, 0) is 54.2 Å². The predicted molar refractivity (Wildman–Crippen MR) is 136 cm³/mol. The highest BCUT2D eigenvalue weighted by Gasteiger charge is 2.15. The van der Waals surface area contributed by atoms with E-state index in [0.717, 1.165) is 53.0 Å². The van der Waals surface area contributed by atoms with Gasteiger partial charge < -0.3 is 4.74 Å². The quantitative estimate of drug-likeness (QED) is 0.348. The van der Waals surface area contributed by atoms with Gasteiger partial charge in [-0.25, -0.2) is 5.43 Å². The molecule has 1 aliphatic rings. The number of carbonyl (C=O) groups excluding carboxylic acids is 1. The van der Waals surface area contributed by atoms with Gasteiger partial charge in [-0.2, -0.15) is 5.10 Å². The van der Waals surface area contributed by atoms with Crippen molar-refractivity contribution in [1.82, 2.24) is 5.43 Å². The topological polar surface area (TPSA) is 50.7 Å². The minimum Gasteiger partial charge on any atom is -0.488 e. The van der Waals surface area contributed by atoms with Crippen LogP contribution in [0.3, 0.4) is 0 Å². The normalized spacial score (nSPS) is 13.8. The first-order valence-corrected chi connectivity index (χ1v) is 11.6. The van der Waals surface area contributed by atoms with Crippen LogP contribution in [0.1, 0.15) is 39.9 Å². The summed E-state index contributed by atoms with van der Waals surface area (Å²) in [5.74, 6) is 0.622. The van der Waals surface area contributed by atoms with E-state index in [1.165, 1.54) is 5.56 Å². The molecule has 0 fully saturated rings. The van der Waals surface area contributed by atoms with Gasteiger partial charge >= 0.3 is 0 Å². The Bertz CT molecular complexity index is 1310. The zero-order valence-electron chi connectivity index (χ0n) is 18.9. The molecule has 0 saturated heterocycles. The summed E-state index contributed by atoms with van der Waals surface area (Å²) in [6.07, 6.45) is 2.98. The van der Waals surface area contributed by atoms with Gasteiger partial charge in [0.1, 0.15) is 12.4 Å². The number of hydrazone groups is 1. The molecular weight excluding hydrogens is 420 g/mol. The average molecular weight is 447 g/mol. The van der Waals surface area contributed by atoms with Gasteiger partial charge in [0.25, 0.3) is 5.91 Å². The molecule has 4 nitrogen and oxygen atoms in total. The third-order valence-electron chi connectivity index (χ3n) is 6.06. The van der Waals surface area contributed by atoms with E-state index in [1.54, 1.807) is 0 Å². The Hall–Kier alpha value is -4.18. The van der Waals surface area contributed by atoms with Crippen molar-refractivity contribution in [3.63, 3.8) is 0 Å². The minimum atomic E-state index is -0.211. The molecule has 4 heteroatoms. The molecule has 0 saturated carbocycles. The highest BCUT2D eigenvalue weighted by atomic mass is 16.5. The lowest BCUT2D eigenvalue weighted by Crippen LogP contribution is -2.22. The Labute approximate surface area is 199 Å². The van der Waals surface area contributed by atoms with Crippen molar-refractivity contribution in [3.8, 4) is 16.9 Å². The van der Waals surface area contributed by atoms with Crippen LogP contribution < -0.4 is 10.2 Å². The molecule has 0 spiro atoms. The Balaban J connectivity index is 1.23. The largest absolute Gasteiger partial charge is 0.488 e. The maximum atomic E-state index is 12.6. The van der Waals surface area contributed by atoms with Crippen molar-refractivity contribution in [2.75, 3.05) is 0 Å². The number of nitrogens with zero attached hydrogens (tertiary/aromatic N) is 1. The maximum Gasteiger partial charge on any atom is 0.271 e. The van der Waals surface area contributed by atoms with E-state index < -0.39 is 0 Å². The summed E-state index contributed by atoms with van der Waals surface area (Å²) < 4.78 is 6.12. The van der Waals surface area contributed by atoms with Crippen molar-refractivity contribution >= 4 is 11.6 Å². The van der Waals surface area contributed by atoms with E-state index in [4.69, 9.17) is 4.74 Å². The number of rotatable bonds is 6. The fourth-order valence-corrected chi connectivity index (χ4v) is 4.26. The molecule has 0 radical (unpaired) electrons. The van der Waals surface area contributed by atoms with Crippen LogP contribution in [0, 0.1) is 0 Å². The van der Waals surface area contributed by atoms with E-state index in [0.29, 0.717) is 12.2 Å². The number of amides is 1. The number of benzene rings is 4. The molecule has 0 unspecified atom stereocenters. The molecule has 0 aliphatic heterocycles. The zero-order chi connectivity index (χ0) is 23.2. The number of ether oxygens (including phenoxy) is 1. The van der Waals surface area contributed by atoms with Gasteiger partial charge in [-0.3, -0.25) is 4.79 Å². The fraction of sp³-hybridized carbons (Fsp3) is 0.133. The molecular formula is C30H26N2O2. The molecule has 4 aromatic carbocycles. The number of hydrogen-bond acceptors (Lipinski definition) is 3. The van der Waals surface area contributed by atoms with Gasteiger partial charge in [0.2, 0.25) is 0 Å². The Morgan fingerprint density at radius 1 is 0.765 bits per heavy atom. The standard InChI is InChI=1S/C30H26N2O2/c33-30(32-31-28-15-8-12-23-11-4-5-13-26(23)28)25-19-17-22(18-20-25)21-34-29-16-7-6-14-27(29)24-9-2-1-3-10-24/h1-7,9-11,13-14,16-20H,8,12,15,21H2,(H,32,33). The van der Waals surface area contributed by atoms with Crippen LogP contribution in [0.4, 0.5) is 0 Å². The number of hydrogen-bond donors (Lipinski definition) is 1. The molecule has 0 bridgehead atoms. The van der Waals surface area contributed by atoms with Crippen molar-refractivity contribution in [3.05, 3.63) is 125 Å². The lowest BCUT2D eigenvalue weighted by molar-refractivity contribution is 0.0954. The first kappa shape index (κ1) is 21.7. The predicted octanol–water partition coefficient (Wildman–Crippen LogP) is 6.40. The number of nitrogens with one attached hydrogen (secondary N) is 1. The van der Waals surface area contributed by atoms with Gasteiger partial charge in [-0.15, -0.1) is 0 Å². The van der Waals surface area contributed by atoms with E-state index >= 15 is 0 Å². The monoisotopic (exact) mass is 446 g/mol. The highest BCUT2D eigenvalue weighted by Crippen LogP contribution is 2.30. The van der Waals surface area contributed by atoms with E-state index in [9.17, 15) is 4.79 Å². The van der Waals surface area contributed by atoms with Gasteiger partial charge in [-0.1, -0.05) is 84.9 Å². The SMILES string of the molecule is O=C(NN=C1CCCc2ccccc21)c1ccc(COc2ccccc2-c2ccccc2)cc1. The molecule has 0 aromatic heterocycles. The van der Waals surface area contributed by atoms with Crippen LogP contribution in [0.2, 0.25) is 0 Å². The molecule has 1 amide bonds. The number of carbonyl (C=O) groups is 1. The second-order valence-corrected chi connectivity index (χ2v) is 8.36. The van der Waals surface area contributed by atoms with Gasteiger partial charge in [0, 0.05) is 16.7 Å². The summed E-state index contributed by atoms with van der Waals surface area (Å²) in [7, 11) is 0. The zero-order valence-corrected chi connectivity index (χ0v) is 18.9. The van der Waals surface area contributed by atoms with Crippen molar-refractivity contribution in [1.29, 1.82) is 0 Å². The summed E-state index contributed by atoms with van der Waals surface area (Å²) >= 11 is 0. The van der Waals surface area contributed by atoms with E-state index in [1.807, 2.05) is 72.8 Å². The molecule has 34 heavy (non-hydrogen) atoms. The Kier molecular flexibility index (Phi) is 6.48. The molecule has 1 aliphatic carbocycles. The second-order valence-electron chi connectivity index (χ2n) is 8.36. The molecule has 168 valence electrons. The fourth-order valence-electron chi connectivity index (χ4n) is 4.26. The molecule has 5 rings (SSSR count). The second kappa shape index (κ2) is 10.2.